The molecule has 27 heavy (non-hydrogen) atoms. The molecular formula is C19H29N5O3. The highest BCUT2D eigenvalue weighted by Gasteiger charge is 2.53. The molecule has 0 aromatic carbocycles. The van der Waals surface area contributed by atoms with Crippen LogP contribution < -0.4 is 5.32 Å². The van der Waals surface area contributed by atoms with E-state index in [1.807, 2.05) is 19.0 Å². The van der Waals surface area contributed by atoms with E-state index in [2.05, 4.69) is 10.4 Å². The first-order chi connectivity index (χ1) is 12.9. The molecule has 1 N–H and O–H groups in total. The Bertz CT molecular complexity index is 706. The van der Waals surface area contributed by atoms with E-state index in [9.17, 15) is 14.9 Å². The van der Waals surface area contributed by atoms with E-state index in [0.717, 1.165) is 32.2 Å². The summed E-state index contributed by atoms with van der Waals surface area (Å²) in [6, 6.07) is 0. The lowest BCUT2D eigenvalue weighted by Crippen LogP contribution is -2.52. The number of aromatic nitrogens is 2. The Hall–Kier alpha value is -1.96. The van der Waals surface area contributed by atoms with Gasteiger partial charge in [0, 0.05) is 6.54 Å². The Balaban J connectivity index is 1.54. The summed E-state index contributed by atoms with van der Waals surface area (Å²) in [6.45, 7) is 1.34. The van der Waals surface area contributed by atoms with E-state index in [1.54, 1.807) is 4.68 Å². The molecule has 4 saturated carbocycles. The largest absolute Gasteiger partial charge is 0.350 e. The van der Waals surface area contributed by atoms with Crippen LogP contribution in [0, 0.1) is 27.9 Å². The Morgan fingerprint density at radius 1 is 1.30 bits per heavy atom. The van der Waals surface area contributed by atoms with Crippen molar-refractivity contribution in [1.29, 1.82) is 0 Å². The first-order valence-electron chi connectivity index (χ1n) is 10.0. The van der Waals surface area contributed by atoms with E-state index >= 15 is 0 Å². The lowest BCUT2D eigenvalue weighted by Gasteiger charge is -2.56. The van der Waals surface area contributed by atoms with Gasteiger partial charge in [-0.3, -0.25) is 19.6 Å². The van der Waals surface area contributed by atoms with Gasteiger partial charge < -0.3 is 10.2 Å². The van der Waals surface area contributed by atoms with Crippen LogP contribution >= 0.6 is 0 Å². The van der Waals surface area contributed by atoms with Crippen LogP contribution in [0.3, 0.4) is 0 Å². The minimum atomic E-state index is -0.473. The molecule has 4 bridgehead atoms. The Morgan fingerprint density at radius 2 is 1.89 bits per heavy atom. The molecule has 0 spiro atoms. The van der Waals surface area contributed by atoms with Crippen molar-refractivity contribution in [3.05, 3.63) is 22.0 Å². The summed E-state index contributed by atoms with van der Waals surface area (Å²) in [5, 5.41) is 18.8. The highest BCUT2D eigenvalue weighted by Crippen LogP contribution is 2.58. The van der Waals surface area contributed by atoms with Crippen molar-refractivity contribution in [2.75, 3.05) is 27.2 Å². The molecular weight excluding hydrogens is 346 g/mol. The molecule has 4 aliphatic rings. The summed E-state index contributed by atoms with van der Waals surface area (Å²) in [5.74, 6) is 1.69. The molecule has 0 saturated heterocycles. The SMILES string of the molecule is CN(C)CCCNC(=O)c1nn(C23CC4CC(CC(C4)C2)C3)cc1[N+](=O)[O-]. The zero-order valence-electron chi connectivity index (χ0n) is 16.2. The average molecular weight is 375 g/mol. The molecule has 4 fully saturated rings. The van der Waals surface area contributed by atoms with Gasteiger partial charge in [-0.05, 0) is 83.3 Å². The molecule has 148 valence electrons. The summed E-state index contributed by atoms with van der Waals surface area (Å²) in [4.78, 5) is 25.7. The van der Waals surface area contributed by atoms with Gasteiger partial charge >= 0.3 is 5.69 Å². The molecule has 1 amide bonds. The molecule has 0 unspecified atom stereocenters. The normalized spacial score (nSPS) is 31.4. The molecule has 4 aliphatic carbocycles. The predicted molar refractivity (Wildman–Crippen MR) is 101 cm³/mol. The van der Waals surface area contributed by atoms with Gasteiger partial charge in [-0.25, -0.2) is 0 Å². The molecule has 0 radical (unpaired) electrons. The molecule has 1 aromatic heterocycles. The third-order valence-electron chi connectivity index (χ3n) is 6.67. The van der Waals surface area contributed by atoms with Gasteiger partial charge in [-0.1, -0.05) is 0 Å². The summed E-state index contributed by atoms with van der Waals surface area (Å²) in [5.41, 5.74) is -0.334. The molecule has 1 aromatic rings. The number of carbonyl (C=O) groups is 1. The third-order valence-corrected chi connectivity index (χ3v) is 6.67. The minimum Gasteiger partial charge on any atom is -0.350 e. The van der Waals surface area contributed by atoms with Crippen molar-refractivity contribution in [2.24, 2.45) is 17.8 Å². The number of hydrogen-bond acceptors (Lipinski definition) is 5. The van der Waals surface area contributed by atoms with Crippen molar-refractivity contribution >= 4 is 11.6 Å². The van der Waals surface area contributed by atoms with Gasteiger partial charge in [0.2, 0.25) is 5.69 Å². The second kappa shape index (κ2) is 6.89. The quantitative estimate of drug-likeness (QED) is 0.449. The number of nitrogens with zero attached hydrogens (tertiary/aromatic N) is 4. The van der Waals surface area contributed by atoms with Gasteiger partial charge in [-0.2, -0.15) is 5.10 Å². The van der Waals surface area contributed by atoms with Crippen LogP contribution in [0.15, 0.2) is 6.20 Å². The van der Waals surface area contributed by atoms with E-state index in [0.29, 0.717) is 24.3 Å². The van der Waals surface area contributed by atoms with Crippen molar-refractivity contribution in [1.82, 2.24) is 20.0 Å². The van der Waals surface area contributed by atoms with Gasteiger partial charge in [-0.15, -0.1) is 0 Å². The monoisotopic (exact) mass is 375 g/mol. The lowest BCUT2D eigenvalue weighted by atomic mass is 9.53. The fourth-order valence-corrected chi connectivity index (χ4v) is 5.93. The van der Waals surface area contributed by atoms with Crippen molar-refractivity contribution < 1.29 is 9.72 Å². The van der Waals surface area contributed by atoms with E-state index in [1.165, 1.54) is 25.5 Å². The zero-order chi connectivity index (χ0) is 19.2. The van der Waals surface area contributed by atoms with Crippen LogP contribution in [0.4, 0.5) is 5.69 Å². The minimum absolute atomic E-state index is 0.0411. The van der Waals surface area contributed by atoms with E-state index < -0.39 is 10.8 Å². The molecule has 8 nitrogen and oxygen atoms in total. The standard InChI is InChI=1S/C19H29N5O3/c1-22(2)5-3-4-20-18(25)17-16(24(26)27)12-23(21-17)19-9-13-6-14(10-19)8-15(7-13)11-19/h12-15H,3-11H2,1-2H3,(H,20,25). The summed E-state index contributed by atoms with van der Waals surface area (Å²) < 4.78 is 1.80. The second-order valence-corrected chi connectivity index (χ2v) is 9.12. The van der Waals surface area contributed by atoms with Crippen LogP contribution in [-0.4, -0.2) is 52.7 Å². The van der Waals surface area contributed by atoms with Gasteiger partial charge in [0.25, 0.3) is 5.91 Å². The Labute approximate surface area is 159 Å². The maximum Gasteiger partial charge on any atom is 0.320 e. The summed E-state index contributed by atoms with van der Waals surface area (Å²) in [7, 11) is 3.94. The first kappa shape index (κ1) is 18.4. The lowest BCUT2D eigenvalue weighted by molar-refractivity contribution is -0.385. The first-order valence-corrected chi connectivity index (χ1v) is 10.0. The number of carbonyl (C=O) groups excluding carboxylic acids is 1. The number of nitrogens with one attached hydrogen (secondary N) is 1. The van der Waals surface area contributed by atoms with Crippen LogP contribution in [0.2, 0.25) is 0 Å². The van der Waals surface area contributed by atoms with E-state index in [4.69, 9.17) is 0 Å². The molecule has 0 atom stereocenters. The number of amides is 1. The van der Waals surface area contributed by atoms with Gasteiger partial charge in [0.1, 0.15) is 6.20 Å². The smallest absolute Gasteiger partial charge is 0.320 e. The zero-order valence-corrected chi connectivity index (χ0v) is 16.2. The van der Waals surface area contributed by atoms with Crippen LogP contribution in [0.5, 0.6) is 0 Å². The Morgan fingerprint density at radius 3 is 2.41 bits per heavy atom. The molecule has 0 aliphatic heterocycles. The third kappa shape index (κ3) is 3.47. The van der Waals surface area contributed by atoms with Crippen LogP contribution in [0.1, 0.15) is 55.4 Å². The number of nitro groups is 1. The maximum absolute atomic E-state index is 12.5. The Kier molecular flexibility index (Phi) is 4.70. The highest BCUT2D eigenvalue weighted by atomic mass is 16.6. The number of hydrogen-bond donors (Lipinski definition) is 1. The topological polar surface area (TPSA) is 93.3 Å². The van der Waals surface area contributed by atoms with Crippen molar-refractivity contribution in [2.45, 2.75) is 50.5 Å². The molecule has 1 heterocycles. The fourth-order valence-electron chi connectivity index (χ4n) is 5.93. The van der Waals surface area contributed by atoms with Crippen molar-refractivity contribution in [3.8, 4) is 0 Å². The van der Waals surface area contributed by atoms with Crippen molar-refractivity contribution in [3.63, 3.8) is 0 Å². The predicted octanol–water partition coefficient (Wildman–Crippen LogP) is 2.40. The van der Waals surface area contributed by atoms with Crippen LogP contribution in [0.25, 0.3) is 0 Å². The second-order valence-electron chi connectivity index (χ2n) is 9.12. The average Bonchev–Trinajstić information content (AvgIpc) is 3.04. The fraction of sp³-hybridized carbons (Fsp3) is 0.789. The van der Waals surface area contributed by atoms with Gasteiger partial charge in [0.15, 0.2) is 0 Å². The van der Waals surface area contributed by atoms with Gasteiger partial charge in [0.05, 0.1) is 10.5 Å². The molecule has 8 heteroatoms. The molecule has 5 rings (SSSR count). The number of rotatable bonds is 7. The van der Waals surface area contributed by atoms with Crippen LogP contribution in [-0.2, 0) is 5.54 Å². The summed E-state index contributed by atoms with van der Waals surface area (Å²) in [6.07, 6.45) is 9.32. The summed E-state index contributed by atoms with van der Waals surface area (Å²) >= 11 is 0. The highest BCUT2D eigenvalue weighted by molar-refractivity contribution is 5.96. The van der Waals surface area contributed by atoms with E-state index in [-0.39, 0.29) is 16.9 Å². The maximum atomic E-state index is 12.5.